The monoisotopic (exact) mass is 449 g/mol. The van der Waals surface area contributed by atoms with Gasteiger partial charge < -0.3 is 10.6 Å². The summed E-state index contributed by atoms with van der Waals surface area (Å²) < 4.78 is 27.2. The molecule has 0 bridgehead atoms. The summed E-state index contributed by atoms with van der Waals surface area (Å²) in [6.45, 7) is 3.65. The summed E-state index contributed by atoms with van der Waals surface area (Å²) in [5.41, 5.74) is 1.62. The van der Waals surface area contributed by atoms with Crippen molar-refractivity contribution in [3.05, 3.63) is 58.6 Å². The molecule has 0 saturated heterocycles. The van der Waals surface area contributed by atoms with Crippen molar-refractivity contribution in [3.8, 4) is 0 Å². The molecule has 3 N–H and O–H groups in total. The number of amides is 2. The lowest BCUT2D eigenvalue weighted by molar-refractivity contribution is -0.117. The molecule has 30 heavy (non-hydrogen) atoms. The molecule has 2 amide bonds. The van der Waals surface area contributed by atoms with E-state index in [4.69, 9.17) is 11.6 Å². The highest BCUT2D eigenvalue weighted by molar-refractivity contribution is 7.89. The lowest BCUT2D eigenvalue weighted by atomic mass is 10.1. The van der Waals surface area contributed by atoms with Crippen molar-refractivity contribution in [2.24, 2.45) is 5.92 Å². The average Bonchev–Trinajstić information content (AvgIpc) is 3.52. The van der Waals surface area contributed by atoms with Gasteiger partial charge in [-0.2, -0.15) is 0 Å². The molecule has 0 heterocycles. The van der Waals surface area contributed by atoms with Crippen molar-refractivity contribution in [1.29, 1.82) is 0 Å². The van der Waals surface area contributed by atoms with E-state index in [0.29, 0.717) is 5.69 Å². The zero-order chi connectivity index (χ0) is 21.9. The number of nitrogens with one attached hydrogen (secondary N) is 3. The zero-order valence-corrected chi connectivity index (χ0v) is 18.3. The van der Waals surface area contributed by atoms with Crippen LogP contribution in [0.15, 0.2) is 47.4 Å². The van der Waals surface area contributed by atoms with E-state index in [2.05, 4.69) is 15.4 Å². The predicted molar refractivity (Wildman–Crippen MR) is 116 cm³/mol. The van der Waals surface area contributed by atoms with Crippen molar-refractivity contribution in [1.82, 2.24) is 10.0 Å². The Balaban J connectivity index is 1.64. The van der Waals surface area contributed by atoms with Gasteiger partial charge in [0.15, 0.2) is 0 Å². The summed E-state index contributed by atoms with van der Waals surface area (Å²) in [6, 6.07) is 10.9. The maximum absolute atomic E-state index is 12.6. The van der Waals surface area contributed by atoms with E-state index >= 15 is 0 Å². The van der Waals surface area contributed by atoms with Gasteiger partial charge >= 0.3 is 0 Å². The van der Waals surface area contributed by atoms with Gasteiger partial charge in [0, 0.05) is 24.2 Å². The van der Waals surface area contributed by atoms with Gasteiger partial charge in [0.1, 0.15) is 0 Å². The fourth-order valence-corrected chi connectivity index (χ4v) is 4.28. The van der Waals surface area contributed by atoms with E-state index in [9.17, 15) is 18.0 Å². The topological polar surface area (TPSA) is 104 Å². The molecule has 3 rings (SSSR count). The van der Waals surface area contributed by atoms with Gasteiger partial charge in [-0.15, -0.1) is 0 Å². The Morgan fingerprint density at radius 3 is 2.37 bits per heavy atom. The molecule has 9 heteroatoms. The third-order valence-corrected chi connectivity index (χ3v) is 6.49. The number of anilines is 1. The first-order valence-corrected chi connectivity index (χ1v) is 11.5. The maximum Gasteiger partial charge on any atom is 0.253 e. The molecular weight excluding hydrogens is 426 g/mol. The Labute approximate surface area is 181 Å². The SMILES string of the molecule is CC(C)NS(=O)(=O)c1ccc(Cl)c(C(=O)NCc2ccc(NC(=O)C3CC3)cc2)c1. The number of benzene rings is 2. The number of carbonyl (C=O) groups excluding carboxylic acids is 2. The first kappa shape index (κ1) is 22.3. The van der Waals surface area contributed by atoms with E-state index in [1.54, 1.807) is 38.1 Å². The summed E-state index contributed by atoms with van der Waals surface area (Å²) in [7, 11) is -3.74. The summed E-state index contributed by atoms with van der Waals surface area (Å²) in [5.74, 6) is -0.316. The van der Waals surface area contributed by atoms with E-state index in [0.717, 1.165) is 18.4 Å². The van der Waals surface area contributed by atoms with Crippen molar-refractivity contribution in [2.45, 2.75) is 44.2 Å². The molecule has 0 radical (unpaired) electrons. The highest BCUT2D eigenvalue weighted by Gasteiger charge is 2.29. The molecule has 1 aliphatic rings. The normalized spacial score (nSPS) is 13.9. The summed E-state index contributed by atoms with van der Waals surface area (Å²) >= 11 is 6.11. The second-order valence-corrected chi connectivity index (χ2v) is 9.68. The molecule has 1 fully saturated rings. The van der Waals surface area contributed by atoms with Crippen LogP contribution < -0.4 is 15.4 Å². The molecule has 1 aliphatic carbocycles. The number of sulfonamides is 1. The second kappa shape index (κ2) is 9.16. The van der Waals surface area contributed by atoms with Crippen LogP contribution in [0, 0.1) is 5.92 Å². The largest absolute Gasteiger partial charge is 0.348 e. The first-order chi connectivity index (χ1) is 14.2. The summed E-state index contributed by atoms with van der Waals surface area (Å²) in [4.78, 5) is 24.3. The van der Waals surface area contributed by atoms with Crippen LogP contribution in [0.3, 0.4) is 0 Å². The molecule has 0 atom stereocenters. The molecule has 160 valence electrons. The molecule has 0 unspecified atom stereocenters. The fraction of sp³-hybridized carbons (Fsp3) is 0.333. The Hall–Kier alpha value is -2.42. The van der Waals surface area contributed by atoms with E-state index in [1.165, 1.54) is 18.2 Å². The van der Waals surface area contributed by atoms with Gasteiger partial charge in [0.25, 0.3) is 5.91 Å². The molecule has 0 aliphatic heterocycles. The maximum atomic E-state index is 12.6. The van der Waals surface area contributed by atoms with Gasteiger partial charge in [0.2, 0.25) is 15.9 Å². The predicted octanol–water partition coefficient (Wildman–Crippen LogP) is 3.31. The summed E-state index contributed by atoms with van der Waals surface area (Å²) in [6.07, 6.45) is 1.88. The highest BCUT2D eigenvalue weighted by Crippen LogP contribution is 2.30. The molecule has 2 aromatic carbocycles. The van der Waals surface area contributed by atoms with Gasteiger partial charge in [-0.05, 0) is 62.6 Å². The Morgan fingerprint density at radius 1 is 1.10 bits per heavy atom. The van der Waals surface area contributed by atoms with Crippen LogP contribution in [-0.2, 0) is 21.4 Å². The summed E-state index contributed by atoms with van der Waals surface area (Å²) in [5, 5.41) is 5.76. The van der Waals surface area contributed by atoms with E-state index in [-0.39, 0.29) is 39.9 Å². The van der Waals surface area contributed by atoms with Crippen LogP contribution in [0.1, 0.15) is 42.6 Å². The number of rotatable bonds is 8. The minimum atomic E-state index is -3.74. The molecule has 7 nitrogen and oxygen atoms in total. The van der Waals surface area contributed by atoms with Crippen molar-refractivity contribution in [2.75, 3.05) is 5.32 Å². The van der Waals surface area contributed by atoms with Crippen molar-refractivity contribution < 1.29 is 18.0 Å². The number of hydrogen-bond donors (Lipinski definition) is 3. The van der Waals surface area contributed by atoms with Gasteiger partial charge in [-0.1, -0.05) is 23.7 Å². The van der Waals surface area contributed by atoms with Crippen molar-refractivity contribution >= 4 is 39.1 Å². The van der Waals surface area contributed by atoms with Crippen LogP contribution in [0.4, 0.5) is 5.69 Å². The van der Waals surface area contributed by atoms with E-state index in [1.807, 2.05) is 0 Å². The molecule has 0 spiro atoms. The Bertz CT molecular complexity index is 1050. The average molecular weight is 450 g/mol. The third kappa shape index (κ3) is 5.81. The number of halogens is 1. The molecule has 2 aromatic rings. The highest BCUT2D eigenvalue weighted by atomic mass is 35.5. The molecular formula is C21H24ClN3O4S. The van der Waals surface area contributed by atoms with Crippen LogP contribution in [0.25, 0.3) is 0 Å². The first-order valence-electron chi connectivity index (χ1n) is 9.65. The quantitative estimate of drug-likeness (QED) is 0.575. The van der Waals surface area contributed by atoms with Crippen LogP contribution in [0.5, 0.6) is 0 Å². The van der Waals surface area contributed by atoms with Crippen molar-refractivity contribution in [3.63, 3.8) is 0 Å². The minimum Gasteiger partial charge on any atom is -0.348 e. The van der Waals surface area contributed by atoms with Gasteiger partial charge in [-0.3, -0.25) is 9.59 Å². The molecule has 1 saturated carbocycles. The van der Waals surface area contributed by atoms with Crippen LogP contribution >= 0.6 is 11.6 Å². The molecule has 0 aromatic heterocycles. The fourth-order valence-electron chi connectivity index (χ4n) is 2.80. The number of carbonyl (C=O) groups is 2. The Morgan fingerprint density at radius 2 is 1.77 bits per heavy atom. The minimum absolute atomic E-state index is 0.0264. The smallest absolute Gasteiger partial charge is 0.253 e. The van der Waals surface area contributed by atoms with Gasteiger partial charge in [-0.25, -0.2) is 13.1 Å². The van der Waals surface area contributed by atoms with Crippen LogP contribution in [0.2, 0.25) is 5.02 Å². The number of hydrogen-bond acceptors (Lipinski definition) is 4. The van der Waals surface area contributed by atoms with E-state index < -0.39 is 15.9 Å². The zero-order valence-electron chi connectivity index (χ0n) is 16.7. The standard InChI is InChI=1S/C21H24ClN3O4S/c1-13(2)25-30(28,29)17-9-10-19(22)18(11-17)21(27)23-12-14-3-7-16(8-4-14)24-20(26)15-5-6-15/h3-4,7-11,13,15,25H,5-6,12H2,1-2H3,(H,23,27)(H,24,26). The second-order valence-electron chi connectivity index (χ2n) is 7.56. The lowest BCUT2D eigenvalue weighted by Crippen LogP contribution is -2.30. The lowest BCUT2D eigenvalue weighted by Gasteiger charge is -2.12. The third-order valence-electron chi connectivity index (χ3n) is 4.51. The van der Waals surface area contributed by atoms with Gasteiger partial charge in [0.05, 0.1) is 15.5 Å². The Kier molecular flexibility index (Phi) is 6.80. The van der Waals surface area contributed by atoms with Crippen LogP contribution in [-0.4, -0.2) is 26.3 Å².